The minimum absolute atomic E-state index is 0.159. The van der Waals surface area contributed by atoms with Gasteiger partial charge >= 0.3 is 5.97 Å². The van der Waals surface area contributed by atoms with Gasteiger partial charge in [-0.2, -0.15) is 0 Å². The molecule has 216 valence electrons. The lowest BCUT2D eigenvalue weighted by Gasteiger charge is -2.14. The maximum Gasteiger partial charge on any atom is 0.333 e. The quantitative estimate of drug-likeness (QED) is 0.0848. The van der Waals surface area contributed by atoms with Gasteiger partial charge in [0.25, 0.3) is 0 Å². The number of aliphatic hydroxyl groups is 1. The van der Waals surface area contributed by atoms with Crippen LogP contribution in [0.25, 0.3) is 22.1 Å². The highest BCUT2D eigenvalue weighted by Crippen LogP contribution is 2.37. The van der Waals surface area contributed by atoms with E-state index in [2.05, 4.69) is 43.8 Å². The standard InChI is InChI=1S/C35H40O6/c1-4-5-6-9-26-10-12-27(13-11-26)28-14-17-32(29(22-28)18-21-39-35(37)25(2)3)41-34-24-40-33-23-30(15-16-31(33)34)38-20-8-7-19-36/h10-17,22-24,36H,2,4-9,18-21H2,1,3H3. The molecule has 1 aromatic heterocycles. The first-order valence-corrected chi connectivity index (χ1v) is 14.5. The van der Waals surface area contributed by atoms with Gasteiger partial charge in [-0.3, -0.25) is 0 Å². The molecule has 0 aliphatic carbocycles. The van der Waals surface area contributed by atoms with Gasteiger partial charge in [-0.05, 0) is 79.1 Å². The van der Waals surface area contributed by atoms with Crippen molar-refractivity contribution in [1.82, 2.24) is 0 Å². The molecule has 0 spiro atoms. The number of rotatable bonds is 16. The topological polar surface area (TPSA) is 78.1 Å². The van der Waals surface area contributed by atoms with E-state index in [9.17, 15) is 4.79 Å². The third kappa shape index (κ3) is 8.48. The van der Waals surface area contributed by atoms with Crippen LogP contribution >= 0.6 is 0 Å². The summed E-state index contributed by atoms with van der Waals surface area (Å²) in [5.41, 5.74) is 5.49. The largest absolute Gasteiger partial charge is 0.493 e. The van der Waals surface area contributed by atoms with E-state index in [0.717, 1.165) is 34.9 Å². The second kappa shape index (κ2) is 15.1. The Labute approximate surface area is 242 Å². The minimum Gasteiger partial charge on any atom is -0.493 e. The number of hydrogen-bond acceptors (Lipinski definition) is 6. The van der Waals surface area contributed by atoms with Crippen LogP contribution in [0.3, 0.4) is 0 Å². The van der Waals surface area contributed by atoms with Crippen molar-refractivity contribution in [2.24, 2.45) is 0 Å². The summed E-state index contributed by atoms with van der Waals surface area (Å²) in [6.45, 7) is 8.42. The molecule has 4 aromatic rings. The molecule has 0 fully saturated rings. The predicted octanol–water partition coefficient (Wildman–Crippen LogP) is 8.44. The van der Waals surface area contributed by atoms with Crippen LogP contribution in [0, 0.1) is 0 Å². The van der Waals surface area contributed by atoms with Crippen molar-refractivity contribution in [3.05, 3.63) is 90.2 Å². The highest BCUT2D eigenvalue weighted by Gasteiger charge is 2.14. The zero-order valence-corrected chi connectivity index (χ0v) is 24.1. The summed E-state index contributed by atoms with van der Waals surface area (Å²) in [5.74, 6) is 1.56. The van der Waals surface area contributed by atoms with Gasteiger partial charge in [0, 0.05) is 24.7 Å². The van der Waals surface area contributed by atoms with E-state index >= 15 is 0 Å². The summed E-state index contributed by atoms with van der Waals surface area (Å²) in [7, 11) is 0. The second-order valence-corrected chi connectivity index (χ2v) is 10.3. The van der Waals surface area contributed by atoms with Gasteiger partial charge in [0.05, 0.1) is 18.6 Å². The van der Waals surface area contributed by atoms with E-state index in [1.165, 1.54) is 24.8 Å². The lowest BCUT2D eigenvalue weighted by molar-refractivity contribution is -0.138. The van der Waals surface area contributed by atoms with Crippen molar-refractivity contribution in [2.45, 2.75) is 58.8 Å². The van der Waals surface area contributed by atoms with E-state index in [-0.39, 0.29) is 13.2 Å². The fourth-order valence-corrected chi connectivity index (χ4v) is 4.55. The average molecular weight is 557 g/mol. The number of furan rings is 1. The number of benzene rings is 3. The van der Waals surface area contributed by atoms with Crippen LogP contribution in [0.15, 0.2) is 83.5 Å². The molecule has 0 aliphatic heterocycles. The third-order valence-electron chi connectivity index (χ3n) is 6.92. The van der Waals surface area contributed by atoms with Crippen LogP contribution in [-0.2, 0) is 22.4 Å². The monoisotopic (exact) mass is 556 g/mol. The van der Waals surface area contributed by atoms with Crippen molar-refractivity contribution in [1.29, 1.82) is 0 Å². The second-order valence-electron chi connectivity index (χ2n) is 10.3. The maximum absolute atomic E-state index is 12.0. The van der Waals surface area contributed by atoms with Gasteiger partial charge in [0.15, 0.2) is 5.75 Å². The summed E-state index contributed by atoms with van der Waals surface area (Å²) in [6, 6.07) is 20.5. The molecule has 41 heavy (non-hydrogen) atoms. The fraction of sp³-hybridized carbons (Fsp3) is 0.343. The van der Waals surface area contributed by atoms with Crippen LogP contribution in [0.5, 0.6) is 17.2 Å². The van der Waals surface area contributed by atoms with E-state index in [4.69, 9.17) is 23.7 Å². The summed E-state index contributed by atoms with van der Waals surface area (Å²) < 4.78 is 23.3. The molecular formula is C35H40O6. The molecule has 0 amide bonds. The zero-order valence-electron chi connectivity index (χ0n) is 24.1. The summed E-state index contributed by atoms with van der Waals surface area (Å²) in [4.78, 5) is 12.0. The third-order valence-corrected chi connectivity index (χ3v) is 6.92. The molecule has 4 rings (SSSR count). The molecule has 3 aromatic carbocycles. The molecule has 0 bridgehead atoms. The van der Waals surface area contributed by atoms with Gasteiger partial charge in [0.2, 0.25) is 0 Å². The van der Waals surface area contributed by atoms with E-state index in [0.29, 0.717) is 47.9 Å². The van der Waals surface area contributed by atoms with Crippen molar-refractivity contribution >= 4 is 16.9 Å². The number of aryl methyl sites for hydroxylation is 1. The van der Waals surface area contributed by atoms with Crippen LogP contribution < -0.4 is 9.47 Å². The number of esters is 1. The first-order chi connectivity index (χ1) is 20.0. The minimum atomic E-state index is -0.405. The first-order valence-electron chi connectivity index (χ1n) is 14.5. The molecule has 0 saturated carbocycles. The lowest BCUT2D eigenvalue weighted by atomic mass is 9.98. The molecule has 1 N–H and O–H groups in total. The van der Waals surface area contributed by atoms with Crippen LogP contribution in [-0.4, -0.2) is 30.9 Å². The number of fused-ring (bicyclic) bond motifs is 1. The summed E-state index contributed by atoms with van der Waals surface area (Å²) >= 11 is 0. The van der Waals surface area contributed by atoms with E-state index < -0.39 is 5.97 Å². The van der Waals surface area contributed by atoms with Gasteiger partial charge in [0.1, 0.15) is 23.3 Å². The molecule has 6 nitrogen and oxygen atoms in total. The number of hydrogen-bond donors (Lipinski definition) is 1. The zero-order chi connectivity index (χ0) is 29.0. The number of unbranched alkanes of at least 4 members (excludes halogenated alkanes) is 3. The van der Waals surface area contributed by atoms with Crippen molar-refractivity contribution in [3.8, 4) is 28.4 Å². The van der Waals surface area contributed by atoms with Gasteiger partial charge in [-0.1, -0.05) is 56.7 Å². The highest BCUT2D eigenvalue weighted by molar-refractivity contribution is 5.87. The number of aliphatic hydroxyl groups excluding tert-OH is 1. The molecule has 0 radical (unpaired) electrons. The highest BCUT2D eigenvalue weighted by atomic mass is 16.5. The smallest absolute Gasteiger partial charge is 0.333 e. The van der Waals surface area contributed by atoms with Crippen LogP contribution in [0.2, 0.25) is 0 Å². The Balaban J connectivity index is 1.54. The first kappa shape index (κ1) is 29.9. The summed E-state index contributed by atoms with van der Waals surface area (Å²) in [5, 5.41) is 9.78. The Morgan fingerprint density at radius 1 is 0.878 bits per heavy atom. The van der Waals surface area contributed by atoms with Crippen molar-refractivity contribution < 1.29 is 28.5 Å². The molecule has 6 heteroatoms. The Hall–Kier alpha value is -4.03. The molecule has 0 atom stereocenters. The normalized spacial score (nSPS) is 11.0. The van der Waals surface area contributed by atoms with Crippen LogP contribution in [0.4, 0.5) is 0 Å². The van der Waals surface area contributed by atoms with Gasteiger partial charge in [-0.15, -0.1) is 0 Å². The van der Waals surface area contributed by atoms with Crippen LogP contribution in [0.1, 0.15) is 57.1 Å². The molecular weight excluding hydrogens is 516 g/mol. The number of carbonyl (C=O) groups excluding carboxylic acids is 1. The fourth-order valence-electron chi connectivity index (χ4n) is 4.55. The molecule has 1 heterocycles. The maximum atomic E-state index is 12.0. The molecule has 0 aliphatic rings. The van der Waals surface area contributed by atoms with E-state index in [1.54, 1.807) is 13.2 Å². The molecule has 0 saturated heterocycles. The van der Waals surface area contributed by atoms with Crippen molar-refractivity contribution in [2.75, 3.05) is 19.8 Å². The number of ether oxygens (including phenoxy) is 3. The predicted molar refractivity (Wildman–Crippen MR) is 163 cm³/mol. The lowest BCUT2D eigenvalue weighted by Crippen LogP contribution is -2.08. The van der Waals surface area contributed by atoms with Crippen molar-refractivity contribution in [3.63, 3.8) is 0 Å². The Morgan fingerprint density at radius 3 is 2.44 bits per heavy atom. The summed E-state index contributed by atoms with van der Waals surface area (Å²) in [6.07, 6.45) is 8.33. The van der Waals surface area contributed by atoms with E-state index in [1.807, 2.05) is 30.3 Å². The van der Waals surface area contributed by atoms with Gasteiger partial charge in [-0.25, -0.2) is 4.79 Å². The average Bonchev–Trinajstić information content (AvgIpc) is 3.38. The Morgan fingerprint density at radius 2 is 1.68 bits per heavy atom. The Kier molecular flexibility index (Phi) is 11.0. The SMILES string of the molecule is C=C(C)C(=O)OCCc1cc(-c2ccc(CCCCC)cc2)ccc1Oc1coc2cc(OCCCCO)ccc12. The number of carbonyl (C=O) groups is 1. The molecule has 0 unspecified atom stereocenters. The Bertz CT molecular complexity index is 1430. The van der Waals surface area contributed by atoms with Gasteiger partial charge < -0.3 is 23.7 Å².